The Balaban J connectivity index is 2.41. The SMILES string of the molecule is CC(C)(C)OC(=O)n1ccc2c(Cl)c(O[Si](C)(C)C(C)(C)C)ccc21. The molecule has 0 bridgehead atoms. The Morgan fingerprint density at radius 3 is 2.20 bits per heavy atom. The number of benzene rings is 1. The van der Waals surface area contributed by atoms with Gasteiger partial charge in [-0.05, 0) is 57.1 Å². The highest BCUT2D eigenvalue weighted by Gasteiger charge is 2.39. The van der Waals surface area contributed by atoms with Crippen LogP contribution in [0, 0.1) is 0 Å². The largest absolute Gasteiger partial charge is 0.542 e. The van der Waals surface area contributed by atoms with Gasteiger partial charge in [0.1, 0.15) is 11.4 Å². The lowest BCUT2D eigenvalue weighted by Crippen LogP contribution is -2.43. The van der Waals surface area contributed by atoms with Crippen molar-refractivity contribution in [3.8, 4) is 5.75 Å². The van der Waals surface area contributed by atoms with Crippen molar-refractivity contribution in [1.29, 1.82) is 0 Å². The van der Waals surface area contributed by atoms with Gasteiger partial charge < -0.3 is 9.16 Å². The van der Waals surface area contributed by atoms with Gasteiger partial charge in [-0.15, -0.1) is 0 Å². The average Bonchev–Trinajstić information content (AvgIpc) is 2.83. The van der Waals surface area contributed by atoms with Crippen LogP contribution in [-0.2, 0) is 4.74 Å². The Hall–Kier alpha value is -1.46. The summed E-state index contributed by atoms with van der Waals surface area (Å²) in [4.78, 5) is 12.4. The Morgan fingerprint density at radius 2 is 1.68 bits per heavy atom. The van der Waals surface area contributed by atoms with Gasteiger partial charge in [0.25, 0.3) is 8.32 Å². The minimum absolute atomic E-state index is 0.0771. The maximum atomic E-state index is 12.4. The van der Waals surface area contributed by atoms with E-state index in [9.17, 15) is 4.79 Å². The molecular weight excluding hydrogens is 354 g/mol. The van der Waals surface area contributed by atoms with Crippen LogP contribution in [0.5, 0.6) is 5.75 Å². The van der Waals surface area contributed by atoms with E-state index < -0.39 is 20.0 Å². The van der Waals surface area contributed by atoms with E-state index in [2.05, 4.69) is 33.9 Å². The van der Waals surface area contributed by atoms with Gasteiger partial charge in [0.15, 0.2) is 0 Å². The summed E-state index contributed by atoms with van der Waals surface area (Å²) < 4.78 is 13.3. The van der Waals surface area contributed by atoms with Crippen molar-refractivity contribution in [2.45, 2.75) is 65.3 Å². The molecule has 2 rings (SSSR count). The van der Waals surface area contributed by atoms with E-state index in [1.165, 1.54) is 4.57 Å². The molecule has 2 aromatic rings. The Kier molecular flexibility index (Phi) is 5.05. The zero-order valence-corrected chi connectivity index (χ0v) is 18.1. The molecule has 0 aliphatic carbocycles. The number of aromatic nitrogens is 1. The lowest BCUT2D eigenvalue weighted by atomic mass is 10.2. The summed E-state index contributed by atoms with van der Waals surface area (Å²) in [6.07, 6.45) is 1.26. The fraction of sp³-hybridized carbons (Fsp3) is 0.526. The number of carbonyl (C=O) groups is 1. The van der Waals surface area contributed by atoms with Crippen molar-refractivity contribution >= 4 is 36.9 Å². The number of rotatable bonds is 2. The number of hydrogen-bond acceptors (Lipinski definition) is 3. The fourth-order valence-corrected chi connectivity index (χ4v) is 3.49. The van der Waals surface area contributed by atoms with E-state index in [-0.39, 0.29) is 5.04 Å². The van der Waals surface area contributed by atoms with Gasteiger partial charge >= 0.3 is 6.09 Å². The van der Waals surface area contributed by atoms with Crippen LogP contribution in [-0.4, -0.2) is 24.6 Å². The second-order valence-corrected chi connectivity index (χ2v) is 13.9. The van der Waals surface area contributed by atoms with Gasteiger partial charge in [0.05, 0.1) is 10.5 Å². The number of nitrogens with zero attached hydrogens (tertiary/aromatic N) is 1. The van der Waals surface area contributed by atoms with E-state index in [1.807, 2.05) is 39.0 Å². The van der Waals surface area contributed by atoms with E-state index in [1.54, 1.807) is 6.20 Å². The first-order chi connectivity index (χ1) is 11.2. The molecule has 0 saturated carbocycles. The Morgan fingerprint density at radius 1 is 1.08 bits per heavy atom. The zero-order valence-electron chi connectivity index (χ0n) is 16.4. The molecule has 0 aliphatic rings. The molecule has 0 N–H and O–H groups in total. The molecule has 1 heterocycles. The molecule has 0 spiro atoms. The molecule has 0 fully saturated rings. The lowest BCUT2D eigenvalue weighted by Gasteiger charge is -2.36. The molecule has 0 radical (unpaired) electrons. The number of hydrogen-bond donors (Lipinski definition) is 0. The molecule has 1 aromatic heterocycles. The van der Waals surface area contributed by atoms with Crippen LogP contribution >= 0.6 is 11.6 Å². The summed E-state index contributed by atoms with van der Waals surface area (Å²) in [6, 6.07) is 5.51. The van der Waals surface area contributed by atoms with Crippen LogP contribution < -0.4 is 4.43 Å². The number of ether oxygens (including phenoxy) is 1. The van der Waals surface area contributed by atoms with Crippen molar-refractivity contribution in [2.24, 2.45) is 0 Å². The first-order valence-electron chi connectivity index (χ1n) is 8.45. The minimum Gasteiger partial charge on any atom is -0.542 e. The topological polar surface area (TPSA) is 40.5 Å². The van der Waals surface area contributed by atoms with Gasteiger partial charge in [0.2, 0.25) is 0 Å². The van der Waals surface area contributed by atoms with Crippen LogP contribution in [0.15, 0.2) is 24.4 Å². The Bertz CT molecular complexity index is 797. The summed E-state index contributed by atoms with van der Waals surface area (Å²) >= 11 is 6.58. The molecule has 0 amide bonds. The van der Waals surface area contributed by atoms with E-state index in [0.717, 1.165) is 5.39 Å². The quantitative estimate of drug-likeness (QED) is 0.560. The third-order valence-corrected chi connectivity index (χ3v) is 9.27. The van der Waals surface area contributed by atoms with Gasteiger partial charge in [-0.3, -0.25) is 4.57 Å². The molecule has 0 atom stereocenters. The van der Waals surface area contributed by atoms with Crippen molar-refractivity contribution in [2.75, 3.05) is 0 Å². The van der Waals surface area contributed by atoms with E-state index >= 15 is 0 Å². The normalized spacial score (nSPS) is 13.2. The van der Waals surface area contributed by atoms with Crippen LogP contribution in [0.3, 0.4) is 0 Å². The molecule has 138 valence electrons. The van der Waals surface area contributed by atoms with Crippen molar-refractivity contribution < 1.29 is 14.0 Å². The van der Waals surface area contributed by atoms with E-state index in [4.69, 9.17) is 20.8 Å². The minimum atomic E-state index is -1.99. The third-order valence-electron chi connectivity index (χ3n) is 4.53. The predicted molar refractivity (Wildman–Crippen MR) is 106 cm³/mol. The number of carbonyl (C=O) groups excluding carboxylic acids is 1. The highest BCUT2D eigenvalue weighted by Crippen LogP contribution is 2.41. The van der Waals surface area contributed by atoms with Crippen LogP contribution in [0.25, 0.3) is 10.9 Å². The van der Waals surface area contributed by atoms with Crippen molar-refractivity contribution in [3.63, 3.8) is 0 Å². The predicted octanol–water partition coefficient (Wildman–Crippen LogP) is 6.46. The van der Waals surface area contributed by atoms with Crippen LogP contribution in [0.1, 0.15) is 41.5 Å². The summed E-state index contributed by atoms with van der Waals surface area (Å²) in [5, 5.41) is 1.39. The molecular formula is C19H28ClNO3Si. The molecule has 4 nitrogen and oxygen atoms in total. The van der Waals surface area contributed by atoms with Gasteiger partial charge in [-0.2, -0.15) is 0 Å². The highest BCUT2D eigenvalue weighted by molar-refractivity contribution is 6.74. The summed E-state index contributed by atoms with van der Waals surface area (Å²) in [7, 11) is -1.99. The second kappa shape index (κ2) is 6.36. The smallest absolute Gasteiger partial charge is 0.418 e. The van der Waals surface area contributed by atoms with Crippen LogP contribution in [0.2, 0.25) is 23.2 Å². The third kappa shape index (κ3) is 4.21. The highest BCUT2D eigenvalue weighted by atomic mass is 35.5. The van der Waals surface area contributed by atoms with Crippen LogP contribution in [0.4, 0.5) is 4.79 Å². The fourth-order valence-electron chi connectivity index (χ4n) is 2.14. The number of halogens is 1. The molecule has 0 aliphatic heterocycles. The van der Waals surface area contributed by atoms with Gasteiger partial charge in [0, 0.05) is 11.6 Å². The Labute approximate surface area is 156 Å². The zero-order chi connectivity index (χ0) is 19.2. The van der Waals surface area contributed by atoms with E-state index in [0.29, 0.717) is 16.3 Å². The standard InChI is InChI=1S/C19H28ClNO3Si/c1-18(2,3)23-17(22)21-12-11-13-14(21)9-10-15(16(13)20)24-25(7,8)19(4,5)6/h9-12H,1-8H3. The first kappa shape index (κ1) is 19.9. The molecule has 0 saturated heterocycles. The first-order valence-corrected chi connectivity index (χ1v) is 11.7. The van der Waals surface area contributed by atoms with Gasteiger partial charge in [-0.25, -0.2) is 4.79 Å². The molecule has 6 heteroatoms. The summed E-state index contributed by atoms with van der Waals surface area (Å²) in [5.74, 6) is 0.669. The maximum absolute atomic E-state index is 12.4. The maximum Gasteiger partial charge on any atom is 0.418 e. The monoisotopic (exact) mass is 381 g/mol. The lowest BCUT2D eigenvalue weighted by molar-refractivity contribution is 0.0544. The molecule has 25 heavy (non-hydrogen) atoms. The summed E-state index contributed by atoms with van der Waals surface area (Å²) in [6.45, 7) is 16.4. The molecule has 1 aromatic carbocycles. The van der Waals surface area contributed by atoms with Gasteiger partial charge in [-0.1, -0.05) is 32.4 Å². The number of fused-ring (bicyclic) bond motifs is 1. The summed E-state index contributed by atoms with van der Waals surface area (Å²) in [5.41, 5.74) is 0.157. The van der Waals surface area contributed by atoms with Crippen molar-refractivity contribution in [1.82, 2.24) is 4.57 Å². The second-order valence-electron chi connectivity index (χ2n) is 8.84. The average molecular weight is 382 g/mol. The van der Waals surface area contributed by atoms with Crippen molar-refractivity contribution in [3.05, 3.63) is 29.4 Å². The molecule has 0 unspecified atom stereocenters.